The fourth-order valence-electron chi connectivity index (χ4n) is 2.43. The lowest BCUT2D eigenvalue weighted by atomic mass is 9.83. The summed E-state index contributed by atoms with van der Waals surface area (Å²) in [6, 6.07) is 9.73. The number of hydrogen-bond acceptors (Lipinski definition) is 7. The molecule has 0 saturated heterocycles. The minimum atomic E-state index is -0.691. The Bertz CT molecular complexity index is 580. The van der Waals surface area contributed by atoms with E-state index in [1.54, 1.807) is 0 Å². The van der Waals surface area contributed by atoms with Crippen molar-refractivity contribution >= 4 is 17.9 Å². The molecule has 0 atom stereocenters. The molecule has 0 aromatic heterocycles. The van der Waals surface area contributed by atoms with Gasteiger partial charge in [0.2, 0.25) is 0 Å². The molecule has 0 spiro atoms. The smallest absolute Gasteiger partial charge is 0.302 e. The minimum absolute atomic E-state index is 0.0472. The van der Waals surface area contributed by atoms with Gasteiger partial charge in [0, 0.05) is 32.8 Å². The maximum absolute atomic E-state index is 11.3. The van der Waals surface area contributed by atoms with E-state index in [2.05, 4.69) is 0 Å². The van der Waals surface area contributed by atoms with Gasteiger partial charge in [0.05, 0.1) is 13.2 Å². The molecule has 0 fully saturated rings. The average Bonchev–Trinajstić information content (AvgIpc) is 2.62. The highest BCUT2D eigenvalue weighted by Gasteiger charge is 2.33. The van der Waals surface area contributed by atoms with Crippen LogP contribution in [0.25, 0.3) is 0 Å². The molecule has 0 bridgehead atoms. The quantitative estimate of drug-likeness (QED) is 0.313. The van der Waals surface area contributed by atoms with E-state index in [0.717, 1.165) is 5.56 Å². The maximum atomic E-state index is 11.3. The van der Waals surface area contributed by atoms with Crippen molar-refractivity contribution in [3.8, 4) is 0 Å². The van der Waals surface area contributed by atoms with Crippen LogP contribution in [0, 0.1) is 5.41 Å². The van der Waals surface area contributed by atoms with Gasteiger partial charge in [-0.15, -0.1) is 0 Å². The molecule has 0 amide bonds. The lowest BCUT2D eigenvalue weighted by Gasteiger charge is -2.32. The summed E-state index contributed by atoms with van der Waals surface area (Å²) in [7, 11) is 0. The van der Waals surface area contributed by atoms with E-state index in [9.17, 15) is 14.4 Å². The standard InChI is InChI=1S/C20H28O7/c1-16(21)25-12-10-20(14-26-17(2)22,15-27-18(3)23)9-11-24-13-19-7-5-4-6-8-19/h4-8H,9-15H2,1-3H3. The molecular formula is C20H28O7. The van der Waals surface area contributed by atoms with Gasteiger partial charge in [-0.25, -0.2) is 0 Å². The van der Waals surface area contributed by atoms with E-state index in [0.29, 0.717) is 26.1 Å². The third-order valence-electron chi connectivity index (χ3n) is 3.99. The Kier molecular flexibility index (Phi) is 10.1. The van der Waals surface area contributed by atoms with Gasteiger partial charge in [0.1, 0.15) is 13.2 Å². The predicted molar refractivity (Wildman–Crippen MR) is 97.7 cm³/mol. The second-order valence-corrected chi connectivity index (χ2v) is 6.44. The van der Waals surface area contributed by atoms with Crippen LogP contribution >= 0.6 is 0 Å². The van der Waals surface area contributed by atoms with Gasteiger partial charge in [-0.3, -0.25) is 14.4 Å². The summed E-state index contributed by atoms with van der Waals surface area (Å²) < 4.78 is 21.1. The van der Waals surface area contributed by atoms with Crippen molar-refractivity contribution < 1.29 is 33.3 Å². The van der Waals surface area contributed by atoms with Crippen molar-refractivity contribution in [3.63, 3.8) is 0 Å². The number of esters is 3. The molecule has 0 aliphatic heterocycles. The van der Waals surface area contributed by atoms with E-state index >= 15 is 0 Å². The van der Waals surface area contributed by atoms with Crippen LogP contribution in [0.5, 0.6) is 0 Å². The van der Waals surface area contributed by atoms with Crippen molar-refractivity contribution in [1.29, 1.82) is 0 Å². The third-order valence-corrected chi connectivity index (χ3v) is 3.99. The largest absolute Gasteiger partial charge is 0.466 e. The number of rotatable bonds is 12. The van der Waals surface area contributed by atoms with Gasteiger partial charge in [-0.1, -0.05) is 30.3 Å². The summed E-state index contributed by atoms with van der Waals surface area (Å²) in [5.74, 6) is -1.26. The molecule has 7 nitrogen and oxygen atoms in total. The monoisotopic (exact) mass is 380 g/mol. The molecule has 7 heteroatoms. The fraction of sp³-hybridized carbons (Fsp3) is 0.550. The molecule has 1 aromatic carbocycles. The van der Waals surface area contributed by atoms with E-state index in [-0.39, 0.29) is 19.8 Å². The van der Waals surface area contributed by atoms with E-state index in [4.69, 9.17) is 18.9 Å². The maximum Gasteiger partial charge on any atom is 0.302 e. The van der Waals surface area contributed by atoms with E-state index in [1.165, 1.54) is 20.8 Å². The highest BCUT2D eigenvalue weighted by atomic mass is 16.6. The number of ether oxygens (including phenoxy) is 4. The van der Waals surface area contributed by atoms with Gasteiger partial charge < -0.3 is 18.9 Å². The summed E-state index contributed by atoms with van der Waals surface area (Å²) >= 11 is 0. The molecule has 0 radical (unpaired) electrons. The first kappa shape index (κ1) is 22.6. The van der Waals surface area contributed by atoms with E-state index in [1.807, 2.05) is 30.3 Å². The van der Waals surface area contributed by atoms with Crippen molar-refractivity contribution in [2.75, 3.05) is 26.4 Å². The molecule has 0 unspecified atom stereocenters. The van der Waals surface area contributed by atoms with Crippen LogP contribution in [0.15, 0.2) is 30.3 Å². The normalized spacial score (nSPS) is 10.9. The van der Waals surface area contributed by atoms with Crippen molar-refractivity contribution in [3.05, 3.63) is 35.9 Å². The van der Waals surface area contributed by atoms with Gasteiger partial charge in [-0.2, -0.15) is 0 Å². The van der Waals surface area contributed by atoms with Crippen LogP contribution < -0.4 is 0 Å². The fourth-order valence-corrected chi connectivity index (χ4v) is 2.43. The SMILES string of the molecule is CC(=O)OCCC(CCOCc1ccccc1)(COC(C)=O)COC(C)=O. The van der Waals surface area contributed by atoms with Crippen LogP contribution in [0.3, 0.4) is 0 Å². The zero-order chi connectivity index (χ0) is 20.1. The van der Waals surface area contributed by atoms with Gasteiger partial charge in [0.25, 0.3) is 0 Å². The first-order valence-corrected chi connectivity index (χ1v) is 8.85. The number of carbonyl (C=O) groups is 3. The summed E-state index contributed by atoms with van der Waals surface area (Å²) in [4.78, 5) is 33.6. The third kappa shape index (κ3) is 10.4. The summed E-state index contributed by atoms with van der Waals surface area (Å²) in [6.45, 7) is 5.00. The molecule has 0 saturated carbocycles. The lowest BCUT2D eigenvalue weighted by molar-refractivity contribution is -0.156. The average molecular weight is 380 g/mol. The van der Waals surface area contributed by atoms with Gasteiger partial charge >= 0.3 is 17.9 Å². The molecule has 0 aliphatic rings. The zero-order valence-corrected chi connectivity index (χ0v) is 16.2. The molecular weight excluding hydrogens is 352 g/mol. The predicted octanol–water partition coefficient (Wildman–Crippen LogP) is 2.66. The lowest BCUT2D eigenvalue weighted by Crippen LogP contribution is -2.36. The number of benzene rings is 1. The van der Waals surface area contributed by atoms with Gasteiger partial charge in [0.15, 0.2) is 0 Å². The van der Waals surface area contributed by atoms with Gasteiger partial charge in [-0.05, 0) is 18.4 Å². The first-order chi connectivity index (χ1) is 12.8. The second-order valence-electron chi connectivity index (χ2n) is 6.44. The Labute approximate surface area is 159 Å². The van der Waals surface area contributed by atoms with Crippen molar-refractivity contribution in [1.82, 2.24) is 0 Å². The van der Waals surface area contributed by atoms with Crippen molar-refractivity contribution in [2.24, 2.45) is 5.41 Å². The number of carbonyl (C=O) groups excluding carboxylic acids is 3. The Morgan fingerprint density at radius 2 is 1.30 bits per heavy atom. The Morgan fingerprint density at radius 3 is 1.81 bits per heavy atom. The van der Waals surface area contributed by atoms with E-state index < -0.39 is 23.3 Å². The van der Waals surface area contributed by atoms with Crippen LogP contribution in [0.1, 0.15) is 39.2 Å². The highest BCUT2D eigenvalue weighted by molar-refractivity contribution is 5.66. The molecule has 0 heterocycles. The second kappa shape index (κ2) is 12.1. The summed E-state index contributed by atoms with van der Waals surface area (Å²) in [5, 5.41) is 0. The van der Waals surface area contributed by atoms with Crippen LogP contribution in [0.2, 0.25) is 0 Å². The topological polar surface area (TPSA) is 88.1 Å². The van der Waals surface area contributed by atoms with Crippen LogP contribution in [-0.4, -0.2) is 44.3 Å². The molecule has 27 heavy (non-hydrogen) atoms. The molecule has 0 aliphatic carbocycles. The first-order valence-electron chi connectivity index (χ1n) is 8.85. The van der Waals surface area contributed by atoms with Crippen LogP contribution in [0.4, 0.5) is 0 Å². The minimum Gasteiger partial charge on any atom is -0.466 e. The van der Waals surface area contributed by atoms with Crippen molar-refractivity contribution in [2.45, 2.75) is 40.2 Å². The highest BCUT2D eigenvalue weighted by Crippen LogP contribution is 2.29. The Balaban J connectivity index is 2.70. The summed E-state index contributed by atoms with van der Waals surface area (Å²) in [6.07, 6.45) is 0.851. The zero-order valence-electron chi connectivity index (χ0n) is 16.2. The molecule has 150 valence electrons. The van der Waals surface area contributed by atoms with Crippen LogP contribution in [-0.2, 0) is 39.9 Å². The molecule has 1 rings (SSSR count). The Morgan fingerprint density at radius 1 is 0.778 bits per heavy atom. The number of hydrogen-bond donors (Lipinski definition) is 0. The molecule has 1 aromatic rings. The Hall–Kier alpha value is -2.41. The summed E-state index contributed by atoms with van der Waals surface area (Å²) in [5.41, 5.74) is 0.353. The molecule has 0 N–H and O–H groups in total.